The van der Waals surface area contributed by atoms with Crippen molar-refractivity contribution in [1.29, 1.82) is 0 Å². The zero-order valence-corrected chi connectivity index (χ0v) is 18.3. The first-order valence-electron chi connectivity index (χ1n) is 12.9. The van der Waals surface area contributed by atoms with Crippen LogP contribution in [0.5, 0.6) is 0 Å². The standard InChI is InChI=1S/C28H44/c1-3-7-25(8-4-1)21-27-17-13-23(14-18-27)11-12-24-15-19-28(20-16-24)22-26-9-5-2-6-10-26/h13-14,17-18,24-26,28H,1-12,15-16,19-22H2. The van der Waals surface area contributed by atoms with E-state index in [1.54, 1.807) is 17.5 Å². The zero-order valence-electron chi connectivity index (χ0n) is 18.3. The van der Waals surface area contributed by atoms with Crippen molar-refractivity contribution in [3.63, 3.8) is 0 Å². The summed E-state index contributed by atoms with van der Waals surface area (Å²) in [5.74, 6) is 4.12. The van der Waals surface area contributed by atoms with E-state index in [1.165, 1.54) is 109 Å². The minimum atomic E-state index is 0.961. The van der Waals surface area contributed by atoms with Gasteiger partial charge in [-0.15, -0.1) is 0 Å². The molecule has 0 atom stereocenters. The van der Waals surface area contributed by atoms with Gasteiger partial charge in [0, 0.05) is 0 Å². The first-order chi connectivity index (χ1) is 13.8. The van der Waals surface area contributed by atoms with E-state index in [0.717, 1.165) is 23.7 Å². The molecule has 0 N–H and O–H groups in total. The molecule has 0 unspecified atom stereocenters. The first-order valence-corrected chi connectivity index (χ1v) is 12.9. The van der Waals surface area contributed by atoms with Crippen LogP contribution in [0.1, 0.15) is 114 Å². The molecule has 4 rings (SSSR count). The highest BCUT2D eigenvalue weighted by atomic mass is 14.3. The van der Waals surface area contributed by atoms with Crippen molar-refractivity contribution in [3.8, 4) is 0 Å². The van der Waals surface area contributed by atoms with Crippen LogP contribution in [0.3, 0.4) is 0 Å². The van der Waals surface area contributed by atoms with Crippen molar-refractivity contribution in [3.05, 3.63) is 35.4 Å². The molecule has 0 spiro atoms. The van der Waals surface area contributed by atoms with Gasteiger partial charge in [-0.1, -0.05) is 114 Å². The third-order valence-electron chi connectivity index (χ3n) is 8.47. The Hall–Kier alpha value is -0.780. The van der Waals surface area contributed by atoms with Gasteiger partial charge in [0.15, 0.2) is 0 Å². The van der Waals surface area contributed by atoms with Crippen molar-refractivity contribution in [2.75, 3.05) is 0 Å². The molecule has 3 aliphatic carbocycles. The lowest BCUT2D eigenvalue weighted by Gasteiger charge is -2.32. The summed E-state index contributed by atoms with van der Waals surface area (Å²) >= 11 is 0. The lowest BCUT2D eigenvalue weighted by molar-refractivity contribution is 0.206. The summed E-state index contributed by atoms with van der Waals surface area (Å²) in [5.41, 5.74) is 3.16. The van der Waals surface area contributed by atoms with Crippen molar-refractivity contribution < 1.29 is 0 Å². The van der Waals surface area contributed by atoms with Gasteiger partial charge in [0.2, 0.25) is 0 Å². The Kier molecular flexibility index (Phi) is 7.93. The molecule has 156 valence electrons. The maximum Gasteiger partial charge on any atom is -0.0250 e. The highest BCUT2D eigenvalue weighted by Gasteiger charge is 2.24. The SMILES string of the molecule is c1cc(CC2CCCCC2)ccc1CCC1CCC(CC2CCCCC2)CC1. The van der Waals surface area contributed by atoms with E-state index in [2.05, 4.69) is 24.3 Å². The summed E-state index contributed by atoms with van der Waals surface area (Å²) in [6, 6.07) is 9.75. The predicted molar refractivity (Wildman–Crippen MR) is 122 cm³/mol. The van der Waals surface area contributed by atoms with E-state index in [1.807, 2.05) is 0 Å². The smallest absolute Gasteiger partial charge is 0.0250 e. The summed E-state index contributed by atoms with van der Waals surface area (Å²) in [4.78, 5) is 0. The van der Waals surface area contributed by atoms with Gasteiger partial charge in [0.05, 0.1) is 0 Å². The fourth-order valence-electron chi connectivity index (χ4n) is 6.59. The second-order valence-electron chi connectivity index (χ2n) is 10.7. The number of hydrogen-bond acceptors (Lipinski definition) is 0. The van der Waals surface area contributed by atoms with Crippen LogP contribution in [0.2, 0.25) is 0 Å². The Morgan fingerprint density at radius 1 is 0.500 bits per heavy atom. The quantitative estimate of drug-likeness (QED) is 0.444. The fraction of sp³-hybridized carbons (Fsp3) is 0.786. The maximum absolute atomic E-state index is 2.44. The summed E-state index contributed by atoms with van der Waals surface area (Å²) in [7, 11) is 0. The molecule has 0 nitrogen and oxygen atoms in total. The van der Waals surface area contributed by atoms with Crippen molar-refractivity contribution in [1.82, 2.24) is 0 Å². The van der Waals surface area contributed by atoms with Gasteiger partial charge in [0.1, 0.15) is 0 Å². The van der Waals surface area contributed by atoms with Gasteiger partial charge in [-0.05, 0) is 60.5 Å². The third-order valence-corrected chi connectivity index (χ3v) is 8.47. The molecule has 0 radical (unpaired) electrons. The molecule has 0 heterocycles. The first kappa shape index (κ1) is 20.5. The van der Waals surface area contributed by atoms with Crippen LogP contribution in [0.4, 0.5) is 0 Å². The van der Waals surface area contributed by atoms with Crippen LogP contribution in [0, 0.1) is 23.7 Å². The van der Waals surface area contributed by atoms with Gasteiger partial charge in [-0.3, -0.25) is 0 Å². The number of aryl methyl sites for hydroxylation is 1. The lowest BCUT2D eigenvalue weighted by atomic mass is 9.74. The molecule has 0 aliphatic heterocycles. The highest BCUT2D eigenvalue weighted by molar-refractivity contribution is 5.23. The van der Waals surface area contributed by atoms with E-state index in [-0.39, 0.29) is 0 Å². The zero-order chi connectivity index (χ0) is 19.0. The number of benzene rings is 1. The minimum absolute atomic E-state index is 0.961. The summed E-state index contributed by atoms with van der Waals surface area (Å²) < 4.78 is 0. The summed E-state index contributed by atoms with van der Waals surface area (Å²) in [6.07, 6.45) is 26.6. The Morgan fingerprint density at radius 3 is 1.64 bits per heavy atom. The molecule has 0 saturated heterocycles. The summed E-state index contributed by atoms with van der Waals surface area (Å²) in [5, 5.41) is 0. The molecular weight excluding hydrogens is 336 g/mol. The van der Waals surface area contributed by atoms with Gasteiger partial charge >= 0.3 is 0 Å². The third kappa shape index (κ3) is 6.36. The fourth-order valence-corrected chi connectivity index (χ4v) is 6.59. The van der Waals surface area contributed by atoms with E-state index >= 15 is 0 Å². The number of hydrogen-bond donors (Lipinski definition) is 0. The molecule has 0 bridgehead atoms. The Balaban J connectivity index is 1.14. The molecule has 0 amide bonds. The van der Waals surface area contributed by atoms with Gasteiger partial charge < -0.3 is 0 Å². The lowest BCUT2D eigenvalue weighted by Crippen LogP contribution is -2.19. The highest BCUT2D eigenvalue weighted by Crippen LogP contribution is 2.38. The van der Waals surface area contributed by atoms with Gasteiger partial charge in [-0.25, -0.2) is 0 Å². The van der Waals surface area contributed by atoms with Crippen LogP contribution in [0.25, 0.3) is 0 Å². The average molecular weight is 381 g/mol. The number of rotatable bonds is 7. The van der Waals surface area contributed by atoms with Crippen LogP contribution < -0.4 is 0 Å². The van der Waals surface area contributed by atoms with Crippen molar-refractivity contribution >= 4 is 0 Å². The summed E-state index contributed by atoms with van der Waals surface area (Å²) in [6.45, 7) is 0. The van der Waals surface area contributed by atoms with Crippen molar-refractivity contribution in [2.45, 2.75) is 116 Å². The van der Waals surface area contributed by atoms with Crippen molar-refractivity contribution in [2.24, 2.45) is 23.7 Å². The van der Waals surface area contributed by atoms with E-state index in [4.69, 9.17) is 0 Å². The molecule has 3 saturated carbocycles. The molecule has 0 aromatic heterocycles. The van der Waals surface area contributed by atoms with Crippen LogP contribution in [0.15, 0.2) is 24.3 Å². The maximum atomic E-state index is 2.44. The van der Waals surface area contributed by atoms with E-state index in [9.17, 15) is 0 Å². The second-order valence-corrected chi connectivity index (χ2v) is 10.7. The van der Waals surface area contributed by atoms with E-state index in [0.29, 0.717) is 0 Å². The minimum Gasteiger partial charge on any atom is -0.0588 e. The van der Waals surface area contributed by atoms with Crippen LogP contribution in [-0.2, 0) is 12.8 Å². The van der Waals surface area contributed by atoms with Crippen LogP contribution in [-0.4, -0.2) is 0 Å². The Morgan fingerprint density at radius 2 is 1.00 bits per heavy atom. The average Bonchev–Trinajstić information content (AvgIpc) is 2.76. The topological polar surface area (TPSA) is 0 Å². The van der Waals surface area contributed by atoms with Crippen LogP contribution >= 0.6 is 0 Å². The molecule has 1 aromatic carbocycles. The molecule has 28 heavy (non-hydrogen) atoms. The van der Waals surface area contributed by atoms with E-state index < -0.39 is 0 Å². The Bertz CT molecular complexity index is 536. The largest absolute Gasteiger partial charge is 0.0588 e. The van der Waals surface area contributed by atoms with Gasteiger partial charge in [0.25, 0.3) is 0 Å². The normalized spacial score (nSPS) is 27.7. The molecule has 0 heteroatoms. The van der Waals surface area contributed by atoms with Gasteiger partial charge in [-0.2, -0.15) is 0 Å². The molecule has 3 aliphatic rings. The molecule has 1 aromatic rings. The molecule has 3 fully saturated rings. The second kappa shape index (κ2) is 10.8. The predicted octanol–water partition coefficient (Wildman–Crippen LogP) is 8.52. The Labute approximate surface area is 174 Å². The monoisotopic (exact) mass is 380 g/mol. The molecular formula is C28H44.